The van der Waals surface area contributed by atoms with Crippen LogP contribution in [0.5, 0.6) is 0 Å². The summed E-state index contributed by atoms with van der Waals surface area (Å²) >= 11 is 0. The Bertz CT molecular complexity index is 1490. The molecule has 0 fully saturated rings. The van der Waals surface area contributed by atoms with E-state index in [-0.39, 0.29) is 16.4 Å². The maximum atomic E-state index is 13.1. The van der Waals surface area contributed by atoms with Gasteiger partial charge in [-0.2, -0.15) is 0 Å². The lowest BCUT2D eigenvalue weighted by molar-refractivity contribution is 0.0950. The van der Waals surface area contributed by atoms with E-state index >= 15 is 0 Å². The molecule has 0 radical (unpaired) electrons. The van der Waals surface area contributed by atoms with Crippen LogP contribution in [-0.2, 0) is 16.6 Å². The van der Waals surface area contributed by atoms with Crippen LogP contribution in [0, 0.1) is 27.7 Å². The minimum absolute atomic E-state index is 0.0726. The van der Waals surface area contributed by atoms with Gasteiger partial charge in [-0.1, -0.05) is 24.3 Å². The highest BCUT2D eigenvalue weighted by Crippen LogP contribution is 2.22. The first-order valence-electron chi connectivity index (χ1n) is 11.2. The number of carbonyl (C=O) groups is 1. The zero-order valence-corrected chi connectivity index (χ0v) is 21.0. The van der Waals surface area contributed by atoms with Crippen LogP contribution in [0.3, 0.4) is 0 Å². The van der Waals surface area contributed by atoms with Crippen LogP contribution < -0.4 is 10.0 Å². The minimum Gasteiger partial charge on any atom is -0.348 e. The van der Waals surface area contributed by atoms with Crippen molar-refractivity contribution in [1.82, 2.24) is 14.9 Å². The van der Waals surface area contributed by atoms with E-state index in [1.165, 1.54) is 6.07 Å². The molecule has 0 aliphatic carbocycles. The summed E-state index contributed by atoms with van der Waals surface area (Å²) in [6.45, 7) is 7.85. The highest BCUT2D eigenvalue weighted by molar-refractivity contribution is 7.92. The Labute approximate surface area is 205 Å². The molecule has 0 aliphatic heterocycles. The first-order valence-corrected chi connectivity index (χ1v) is 12.7. The standard InChI is InChI=1S/C27H28N4O3S/c1-18-6-10-24(15-20(18)3)30-35(33,34)26-16-23(9-5-19(26)2)27(32)29-17-22-7-11-25(12-8-22)31-14-13-28-21(31)4/h5-16,30H,17H2,1-4H3,(H,29,32). The molecule has 35 heavy (non-hydrogen) atoms. The Morgan fingerprint density at radius 1 is 0.886 bits per heavy atom. The molecule has 4 aromatic rings. The van der Waals surface area contributed by atoms with Gasteiger partial charge in [-0.15, -0.1) is 0 Å². The fourth-order valence-corrected chi connectivity index (χ4v) is 5.08. The largest absolute Gasteiger partial charge is 0.348 e. The van der Waals surface area contributed by atoms with Gasteiger partial charge >= 0.3 is 0 Å². The van der Waals surface area contributed by atoms with Gasteiger partial charge in [0.15, 0.2) is 0 Å². The van der Waals surface area contributed by atoms with Crippen molar-refractivity contribution >= 4 is 21.6 Å². The topological polar surface area (TPSA) is 93.1 Å². The molecule has 0 unspecified atom stereocenters. The summed E-state index contributed by atoms with van der Waals surface area (Å²) in [6, 6.07) is 17.9. The smallest absolute Gasteiger partial charge is 0.262 e. The maximum absolute atomic E-state index is 13.1. The van der Waals surface area contributed by atoms with Gasteiger partial charge in [0.2, 0.25) is 0 Å². The molecule has 1 aromatic heterocycles. The minimum atomic E-state index is -3.86. The summed E-state index contributed by atoms with van der Waals surface area (Å²) in [5.41, 5.74) is 5.30. The number of nitrogens with zero attached hydrogens (tertiary/aromatic N) is 2. The van der Waals surface area contributed by atoms with Gasteiger partial charge in [0.25, 0.3) is 15.9 Å². The van der Waals surface area contributed by atoms with Gasteiger partial charge in [0.1, 0.15) is 5.82 Å². The van der Waals surface area contributed by atoms with Crippen LogP contribution in [-0.4, -0.2) is 23.9 Å². The van der Waals surface area contributed by atoms with Crippen molar-refractivity contribution in [3.8, 4) is 5.69 Å². The quantitative estimate of drug-likeness (QED) is 0.389. The number of aromatic nitrogens is 2. The molecule has 0 spiro atoms. The van der Waals surface area contributed by atoms with Crippen molar-refractivity contribution in [3.05, 3.63) is 107 Å². The number of rotatable bonds is 7. The third-order valence-corrected chi connectivity index (χ3v) is 7.52. The number of amides is 1. The van der Waals surface area contributed by atoms with E-state index in [4.69, 9.17) is 0 Å². The number of aryl methyl sites for hydroxylation is 4. The molecule has 0 atom stereocenters. The van der Waals surface area contributed by atoms with Crippen molar-refractivity contribution in [1.29, 1.82) is 0 Å². The van der Waals surface area contributed by atoms with E-state index in [2.05, 4.69) is 15.0 Å². The second-order valence-electron chi connectivity index (χ2n) is 8.58. The third-order valence-electron chi connectivity index (χ3n) is 5.99. The first kappa shape index (κ1) is 24.2. The molecule has 0 saturated heterocycles. The number of benzene rings is 3. The summed E-state index contributed by atoms with van der Waals surface area (Å²) in [5, 5.41) is 2.87. The summed E-state index contributed by atoms with van der Waals surface area (Å²) in [6.07, 6.45) is 3.64. The van der Waals surface area contributed by atoms with E-state index in [0.29, 0.717) is 17.8 Å². The van der Waals surface area contributed by atoms with Crippen molar-refractivity contribution in [3.63, 3.8) is 0 Å². The van der Waals surface area contributed by atoms with Crippen LogP contribution in [0.2, 0.25) is 0 Å². The average molecular weight is 489 g/mol. The van der Waals surface area contributed by atoms with Gasteiger partial charge in [-0.05, 0) is 86.3 Å². The number of hydrogen-bond acceptors (Lipinski definition) is 4. The summed E-state index contributed by atoms with van der Waals surface area (Å²) < 4.78 is 30.8. The predicted octanol–water partition coefficient (Wildman–Crippen LogP) is 4.84. The van der Waals surface area contributed by atoms with Crippen molar-refractivity contribution < 1.29 is 13.2 Å². The Morgan fingerprint density at radius 2 is 1.60 bits per heavy atom. The second kappa shape index (κ2) is 9.76. The van der Waals surface area contributed by atoms with Crippen molar-refractivity contribution in [2.24, 2.45) is 0 Å². The molecule has 0 saturated carbocycles. The summed E-state index contributed by atoms with van der Waals surface area (Å²) in [7, 11) is -3.86. The molecule has 7 nitrogen and oxygen atoms in total. The fraction of sp³-hybridized carbons (Fsp3) is 0.185. The molecule has 1 amide bonds. The predicted molar refractivity (Wildman–Crippen MR) is 137 cm³/mol. The van der Waals surface area contributed by atoms with Gasteiger partial charge in [-0.25, -0.2) is 13.4 Å². The van der Waals surface area contributed by atoms with Gasteiger partial charge in [0.05, 0.1) is 4.90 Å². The van der Waals surface area contributed by atoms with Crippen LogP contribution in [0.25, 0.3) is 5.69 Å². The van der Waals surface area contributed by atoms with Gasteiger partial charge in [-0.3, -0.25) is 9.52 Å². The molecule has 0 aliphatic rings. The van der Waals surface area contributed by atoms with Crippen LogP contribution in [0.15, 0.2) is 78.0 Å². The third kappa shape index (κ3) is 5.44. The van der Waals surface area contributed by atoms with Crippen LogP contribution in [0.4, 0.5) is 5.69 Å². The summed E-state index contributed by atoms with van der Waals surface area (Å²) in [4.78, 5) is 17.1. The van der Waals surface area contributed by atoms with Crippen LogP contribution in [0.1, 0.15) is 38.4 Å². The number of nitrogens with one attached hydrogen (secondary N) is 2. The lowest BCUT2D eigenvalue weighted by Gasteiger charge is -2.13. The van der Waals surface area contributed by atoms with Crippen molar-refractivity contribution in [2.45, 2.75) is 39.1 Å². The second-order valence-corrected chi connectivity index (χ2v) is 10.2. The van der Waals surface area contributed by atoms with E-state index in [1.54, 1.807) is 37.4 Å². The maximum Gasteiger partial charge on any atom is 0.262 e. The van der Waals surface area contributed by atoms with E-state index in [9.17, 15) is 13.2 Å². The number of carbonyl (C=O) groups excluding carboxylic acids is 1. The molecule has 180 valence electrons. The van der Waals surface area contributed by atoms with E-state index < -0.39 is 10.0 Å². The monoisotopic (exact) mass is 488 g/mol. The molecular formula is C27H28N4O3S. The number of sulfonamides is 1. The number of anilines is 1. The summed E-state index contributed by atoms with van der Waals surface area (Å²) in [5.74, 6) is 0.547. The lowest BCUT2D eigenvalue weighted by atomic mass is 10.1. The normalized spacial score (nSPS) is 11.3. The highest BCUT2D eigenvalue weighted by Gasteiger charge is 2.19. The Hall–Kier alpha value is -3.91. The first-order chi connectivity index (χ1) is 16.6. The number of hydrogen-bond donors (Lipinski definition) is 2. The molecular weight excluding hydrogens is 460 g/mol. The zero-order valence-electron chi connectivity index (χ0n) is 20.2. The van der Waals surface area contributed by atoms with E-state index in [1.807, 2.05) is 61.9 Å². The Kier molecular flexibility index (Phi) is 6.75. The number of imidazole rings is 1. The van der Waals surface area contributed by atoms with E-state index in [0.717, 1.165) is 28.2 Å². The average Bonchev–Trinajstić information content (AvgIpc) is 3.26. The Morgan fingerprint density at radius 3 is 2.26 bits per heavy atom. The van der Waals surface area contributed by atoms with Gasteiger partial charge in [0, 0.05) is 35.9 Å². The molecule has 0 bridgehead atoms. The molecule has 4 rings (SSSR count). The highest BCUT2D eigenvalue weighted by atomic mass is 32.2. The van der Waals surface area contributed by atoms with Gasteiger partial charge < -0.3 is 9.88 Å². The zero-order chi connectivity index (χ0) is 25.2. The fourth-order valence-electron chi connectivity index (χ4n) is 3.76. The molecule has 8 heteroatoms. The molecule has 1 heterocycles. The Balaban J connectivity index is 1.47. The van der Waals surface area contributed by atoms with Crippen LogP contribution >= 0.6 is 0 Å². The van der Waals surface area contributed by atoms with Crippen molar-refractivity contribution in [2.75, 3.05) is 4.72 Å². The molecule has 3 aromatic carbocycles. The SMILES string of the molecule is Cc1ccc(NS(=O)(=O)c2cc(C(=O)NCc3ccc(-n4ccnc4C)cc3)ccc2C)cc1C. The molecule has 2 N–H and O–H groups in total. The lowest BCUT2D eigenvalue weighted by Crippen LogP contribution is -2.23.